The number of likely N-dealkylation sites (N-methyl/N-ethyl adjacent to an activating group) is 1. The molecule has 0 atom stereocenters. The molecular weight excluding hydrogens is 261 g/mol. The summed E-state index contributed by atoms with van der Waals surface area (Å²) in [7, 11) is 1.71. The normalized spacial score (nSPS) is 18.2. The molecule has 2 nitrogen and oxygen atoms in total. The molecule has 0 spiro atoms. The van der Waals surface area contributed by atoms with Gasteiger partial charge in [0.25, 0.3) is 0 Å². The molecule has 0 aliphatic carbocycles. The second kappa shape index (κ2) is 3.04. The average molecular weight is 272 g/mol. The van der Waals surface area contributed by atoms with Crippen molar-refractivity contribution in [2.45, 2.75) is 19.3 Å². The molecule has 0 N–H and O–H groups in total. The maximum absolute atomic E-state index is 13.4. The number of carbonyl (C=O) groups excluding carboxylic acids is 1. The van der Waals surface area contributed by atoms with Gasteiger partial charge in [-0.3, -0.25) is 4.79 Å². The van der Waals surface area contributed by atoms with Crippen LogP contribution in [0, 0.1) is 5.82 Å². The second-order valence-electron chi connectivity index (χ2n) is 4.27. The van der Waals surface area contributed by atoms with E-state index >= 15 is 0 Å². The number of fused-ring (bicyclic) bond motifs is 1. The van der Waals surface area contributed by atoms with Gasteiger partial charge in [0.1, 0.15) is 5.82 Å². The highest BCUT2D eigenvalue weighted by Crippen LogP contribution is 2.42. The summed E-state index contributed by atoms with van der Waals surface area (Å²) < 4.78 is 13.8. The first-order valence-electron chi connectivity index (χ1n) is 4.63. The third-order valence-corrected chi connectivity index (χ3v) is 3.52. The molecular formula is C11H11BrFNO. The fraction of sp³-hybridized carbons (Fsp3) is 0.364. The lowest BCUT2D eigenvalue weighted by Gasteiger charge is -2.16. The number of hydrogen-bond donors (Lipinski definition) is 0. The van der Waals surface area contributed by atoms with Crippen LogP contribution in [-0.4, -0.2) is 13.0 Å². The number of rotatable bonds is 0. The lowest BCUT2D eigenvalue weighted by molar-refractivity contribution is -0.121. The molecule has 0 saturated heterocycles. The monoisotopic (exact) mass is 271 g/mol. The average Bonchev–Trinajstić information content (AvgIpc) is 2.32. The van der Waals surface area contributed by atoms with Gasteiger partial charge in [-0.1, -0.05) is 0 Å². The topological polar surface area (TPSA) is 20.3 Å². The molecule has 0 unspecified atom stereocenters. The van der Waals surface area contributed by atoms with Crippen molar-refractivity contribution in [3.8, 4) is 0 Å². The Balaban J connectivity index is 2.72. The molecule has 0 aromatic heterocycles. The number of amides is 1. The molecule has 0 bridgehead atoms. The summed E-state index contributed by atoms with van der Waals surface area (Å²) in [5.74, 6) is -0.333. The Morgan fingerprint density at radius 2 is 2.00 bits per heavy atom. The van der Waals surface area contributed by atoms with Gasteiger partial charge in [0.05, 0.1) is 9.89 Å². The zero-order valence-corrected chi connectivity index (χ0v) is 10.4. The van der Waals surface area contributed by atoms with Gasteiger partial charge >= 0.3 is 0 Å². The molecule has 1 heterocycles. The highest BCUT2D eigenvalue weighted by atomic mass is 79.9. The molecule has 1 aromatic rings. The lowest BCUT2D eigenvalue weighted by Crippen LogP contribution is -2.33. The molecule has 1 aliphatic heterocycles. The zero-order chi connectivity index (χ0) is 11.4. The van der Waals surface area contributed by atoms with Crippen molar-refractivity contribution >= 4 is 27.5 Å². The van der Waals surface area contributed by atoms with Crippen molar-refractivity contribution in [1.29, 1.82) is 0 Å². The van der Waals surface area contributed by atoms with Gasteiger partial charge in [-0.15, -0.1) is 0 Å². The summed E-state index contributed by atoms with van der Waals surface area (Å²) in [5.41, 5.74) is 0.889. The predicted octanol–water partition coefficient (Wildman–Crippen LogP) is 2.84. The number of halogens is 2. The summed E-state index contributed by atoms with van der Waals surface area (Å²) in [6, 6.07) is 3.08. The Labute approximate surface area is 96.2 Å². The third-order valence-electron chi connectivity index (χ3n) is 2.91. The number of anilines is 1. The van der Waals surface area contributed by atoms with Gasteiger partial charge < -0.3 is 4.90 Å². The lowest BCUT2D eigenvalue weighted by atomic mass is 9.86. The van der Waals surface area contributed by atoms with Gasteiger partial charge in [-0.05, 0) is 47.5 Å². The molecule has 0 fully saturated rings. The fourth-order valence-electron chi connectivity index (χ4n) is 1.96. The molecule has 1 amide bonds. The van der Waals surface area contributed by atoms with Gasteiger partial charge in [0.15, 0.2) is 0 Å². The minimum Gasteiger partial charge on any atom is -0.314 e. The second-order valence-corrected chi connectivity index (χ2v) is 5.13. The number of hydrogen-bond acceptors (Lipinski definition) is 1. The predicted molar refractivity (Wildman–Crippen MR) is 60.5 cm³/mol. The van der Waals surface area contributed by atoms with E-state index < -0.39 is 5.41 Å². The Kier molecular flexibility index (Phi) is 2.15. The van der Waals surface area contributed by atoms with E-state index in [0.29, 0.717) is 4.47 Å². The van der Waals surface area contributed by atoms with Crippen molar-refractivity contribution in [3.63, 3.8) is 0 Å². The van der Waals surface area contributed by atoms with Gasteiger partial charge in [0, 0.05) is 12.7 Å². The standard InChI is InChI=1S/C11H11BrFNO/c1-11(2)6-4-8(13)7(12)5-9(6)14(3)10(11)15/h4-5H,1-3H3. The first-order chi connectivity index (χ1) is 6.85. The maximum Gasteiger partial charge on any atom is 0.236 e. The van der Waals surface area contributed by atoms with Crippen LogP contribution >= 0.6 is 15.9 Å². The smallest absolute Gasteiger partial charge is 0.236 e. The van der Waals surface area contributed by atoms with Crippen molar-refractivity contribution in [1.82, 2.24) is 0 Å². The summed E-state index contributed by atoms with van der Waals surface area (Å²) in [4.78, 5) is 13.5. The number of benzene rings is 1. The molecule has 1 aliphatic rings. The highest BCUT2D eigenvalue weighted by molar-refractivity contribution is 9.10. The van der Waals surface area contributed by atoms with Gasteiger partial charge in [-0.2, -0.15) is 0 Å². The Morgan fingerprint density at radius 3 is 2.60 bits per heavy atom. The zero-order valence-electron chi connectivity index (χ0n) is 8.77. The van der Waals surface area contributed by atoms with Crippen LogP contribution in [0.5, 0.6) is 0 Å². The van der Waals surface area contributed by atoms with E-state index in [0.717, 1.165) is 11.3 Å². The van der Waals surface area contributed by atoms with Crippen LogP contribution in [0.2, 0.25) is 0 Å². The van der Waals surface area contributed by atoms with E-state index in [1.54, 1.807) is 18.0 Å². The Bertz CT molecular complexity index is 456. The summed E-state index contributed by atoms with van der Waals surface area (Å²) in [6.07, 6.45) is 0. The van der Waals surface area contributed by atoms with Crippen LogP contribution < -0.4 is 4.90 Å². The molecule has 4 heteroatoms. The molecule has 15 heavy (non-hydrogen) atoms. The van der Waals surface area contributed by atoms with Gasteiger partial charge in [0.2, 0.25) is 5.91 Å². The highest BCUT2D eigenvalue weighted by Gasteiger charge is 2.42. The van der Waals surface area contributed by atoms with Crippen molar-refractivity contribution in [3.05, 3.63) is 28.0 Å². The molecule has 80 valence electrons. The largest absolute Gasteiger partial charge is 0.314 e. The van der Waals surface area contributed by atoms with Crippen LogP contribution in [-0.2, 0) is 10.2 Å². The summed E-state index contributed by atoms with van der Waals surface area (Å²) in [5, 5.41) is 0. The number of carbonyl (C=O) groups is 1. The van der Waals surface area contributed by atoms with Crippen molar-refractivity contribution in [2.24, 2.45) is 0 Å². The van der Waals surface area contributed by atoms with E-state index in [-0.39, 0.29) is 11.7 Å². The summed E-state index contributed by atoms with van der Waals surface area (Å²) in [6.45, 7) is 3.62. The first-order valence-corrected chi connectivity index (χ1v) is 5.42. The number of nitrogens with zero attached hydrogens (tertiary/aromatic N) is 1. The first kappa shape index (κ1) is 10.6. The van der Waals surface area contributed by atoms with Crippen LogP contribution in [0.3, 0.4) is 0 Å². The van der Waals surface area contributed by atoms with E-state index in [9.17, 15) is 9.18 Å². The SMILES string of the molecule is CN1C(=O)C(C)(C)c2cc(F)c(Br)cc21. The maximum atomic E-state index is 13.4. The van der Waals surface area contributed by atoms with E-state index in [1.165, 1.54) is 6.07 Å². The van der Waals surface area contributed by atoms with Crippen molar-refractivity contribution < 1.29 is 9.18 Å². The third kappa shape index (κ3) is 1.31. The van der Waals surface area contributed by atoms with E-state index in [4.69, 9.17) is 0 Å². The van der Waals surface area contributed by atoms with Crippen LogP contribution in [0.1, 0.15) is 19.4 Å². The quantitative estimate of drug-likeness (QED) is 0.711. The van der Waals surface area contributed by atoms with Crippen LogP contribution in [0.25, 0.3) is 0 Å². The summed E-state index contributed by atoms with van der Waals surface area (Å²) >= 11 is 3.12. The Hall–Kier alpha value is -0.900. The minimum atomic E-state index is -0.633. The Morgan fingerprint density at radius 1 is 1.40 bits per heavy atom. The minimum absolute atomic E-state index is 0.00463. The van der Waals surface area contributed by atoms with E-state index in [1.807, 2.05) is 13.8 Å². The molecule has 0 saturated carbocycles. The van der Waals surface area contributed by atoms with Crippen LogP contribution in [0.4, 0.5) is 10.1 Å². The van der Waals surface area contributed by atoms with Crippen molar-refractivity contribution in [2.75, 3.05) is 11.9 Å². The van der Waals surface area contributed by atoms with Crippen LogP contribution in [0.15, 0.2) is 16.6 Å². The van der Waals surface area contributed by atoms with E-state index in [2.05, 4.69) is 15.9 Å². The van der Waals surface area contributed by atoms with Gasteiger partial charge in [-0.25, -0.2) is 4.39 Å². The fourth-order valence-corrected chi connectivity index (χ4v) is 2.29. The molecule has 0 radical (unpaired) electrons. The molecule has 2 rings (SSSR count). The molecule has 1 aromatic carbocycles.